The highest BCUT2D eigenvalue weighted by molar-refractivity contribution is 5.38. The summed E-state index contributed by atoms with van der Waals surface area (Å²) in [7, 11) is 0. The lowest BCUT2D eigenvalue weighted by atomic mass is 10.1. The maximum atomic E-state index is 5.65. The molecule has 1 rings (SSSR count). The van der Waals surface area contributed by atoms with Gasteiger partial charge in [0.05, 0.1) is 0 Å². The summed E-state index contributed by atoms with van der Waals surface area (Å²) in [4.78, 5) is 4.24. The van der Waals surface area contributed by atoms with Crippen LogP contribution in [0.15, 0.2) is 18.3 Å². The summed E-state index contributed by atoms with van der Waals surface area (Å²) in [5.74, 6) is 0.925. The molecule has 0 radical (unpaired) electrons. The summed E-state index contributed by atoms with van der Waals surface area (Å²) in [5.41, 5.74) is 6.87. The molecule has 0 saturated heterocycles. The number of nitrogens with two attached hydrogens (primary N) is 1. The van der Waals surface area contributed by atoms with E-state index in [9.17, 15) is 0 Å². The van der Waals surface area contributed by atoms with Gasteiger partial charge < -0.3 is 11.1 Å². The number of aromatic nitrogens is 1. The molecular weight excluding hydrogens is 174 g/mol. The van der Waals surface area contributed by atoms with Crippen LogP contribution in [-0.4, -0.2) is 17.6 Å². The number of nitrogens with one attached hydrogen (secondary N) is 1. The SMILES string of the molecule is CCCC(CN)Nc1cc(C)ccn1. The first-order valence-electron chi connectivity index (χ1n) is 5.15. The third kappa shape index (κ3) is 3.34. The Labute approximate surface area is 85.7 Å². The lowest BCUT2D eigenvalue weighted by Gasteiger charge is -2.16. The van der Waals surface area contributed by atoms with Gasteiger partial charge in [-0.1, -0.05) is 13.3 Å². The second-order valence-electron chi connectivity index (χ2n) is 3.58. The highest BCUT2D eigenvalue weighted by Crippen LogP contribution is 2.08. The second kappa shape index (κ2) is 5.60. The molecule has 0 amide bonds. The standard InChI is InChI=1S/C11H19N3/c1-3-4-10(8-12)14-11-7-9(2)5-6-13-11/h5-7,10H,3-4,8,12H2,1-2H3,(H,13,14). The Morgan fingerprint density at radius 2 is 2.36 bits per heavy atom. The molecule has 0 spiro atoms. The summed E-state index contributed by atoms with van der Waals surface area (Å²) < 4.78 is 0. The van der Waals surface area contributed by atoms with E-state index in [1.165, 1.54) is 5.56 Å². The van der Waals surface area contributed by atoms with Crippen LogP contribution in [0.5, 0.6) is 0 Å². The molecule has 1 unspecified atom stereocenters. The molecule has 0 aliphatic carbocycles. The quantitative estimate of drug-likeness (QED) is 0.751. The fourth-order valence-corrected chi connectivity index (χ4v) is 1.42. The Hall–Kier alpha value is -1.09. The van der Waals surface area contributed by atoms with Gasteiger partial charge in [0, 0.05) is 18.8 Å². The van der Waals surface area contributed by atoms with Crippen LogP contribution in [0.4, 0.5) is 5.82 Å². The van der Waals surface area contributed by atoms with Crippen molar-refractivity contribution in [3.05, 3.63) is 23.9 Å². The average molecular weight is 193 g/mol. The minimum atomic E-state index is 0.342. The maximum absolute atomic E-state index is 5.65. The van der Waals surface area contributed by atoms with E-state index in [0.717, 1.165) is 18.7 Å². The van der Waals surface area contributed by atoms with Gasteiger partial charge >= 0.3 is 0 Å². The maximum Gasteiger partial charge on any atom is 0.126 e. The number of hydrogen-bond acceptors (Lipinski definition) is 3. The number of anilines is 1. The van der Waals surface area contributed by atoms with Crippen LogP contribution < -0.4 is 11.1 Å². The summed E-state index contributed by atoms with van der Waals surface area (Å²) in [6.07, 6.45) is 4.05. The molecule has 0 aliphatic heterocycles. The van der Waals surface area contributed by atoms with E-state index < -0.39 is 0 Å². The van der Waals surface area contributed by atoms with E-state index in [0.29, 0.717) is 12.6 Å². The van der Waals surface area contributed by atoms with Gasteiger partial charge in [0.25, 0.3) is 0 Å². The first kappa shape index (κ1) is 11.0. The molecule has 0 saturated carbocycles. The molecule has 1 aromatic rings. The summed E-state index contributed by atoms with van der Waals surface area (Å²) >= 11 is 0. The minimum Gasteiger partial charge on any atom is -0.366 e. The van der Waals surface area contributed by atoms with Gasteiger partial charge in [0.15, 0.2) is 0 Å². The van der Waals surface area contributed by atoms with Crippen molar-refractivity contribution in [1.29, 1.82) is 0 Å². The Bertz CT molecular complexity index is 273. The number of hydrogen-bond donors (Lipinski definition) is 2. The van der Waals surface area contributed by atoms with Crippen LogP contribution in [0.2, 0.25) is 0 Å². The van der Waals surface area contributed by atoms with Crippen LogP contribution >= 0.6 is 0 Å². The molecule has 0 bridgehead atoms. The Kier molecular flexibility index (Phi) is 4.40. The molecule has 0 aromatic carbocycles. The molecule has 3 nitrogen and oxygen atoms in total. The van der Waals surface area contributed by atoms with Gasteiger partial charge in [0.1, 0.15) is 5.82 Å². The van der Waals surface area contributed by atoms with Crippen molar-refractivity contribution in [1.82, 2.24) is 4.98 Å². The zero-order valence-electron chi connectivity index (χ0n) is 8.96. The van der Waals surface area contributed by atoms with E-state index in [2.05, 4.69) is 24.1 Å². The zero-order valence-corrected chi connectivity index (χ0v) is 8.96. The fourth-order valence-electron chi connectivity index (χ4n) is 1.42. The number of nitrogens with zero attached hydrogens (tertiary/aromatic N) is 1. The lowest BCUT2D eigenvalue weighted by Crippen LogP contribution is -2.28. The summed E-state index contributed by atoms with van der Waals surface area (Å²) in [5, 5.41) is 3.33. The third-order valence-electron chi connectivity index (χ3n) is 2.19. The lowest BCUT2D eigenvalue weighted by molar-refractivity contribution is 0.646. The topological polar surface area (TPSA) is 50.9 Å². The minimum absolute atomic E-state index is 0.342. The van der Waals surface area contributed by atoms with Crippen LogP contribution in [-0.2, 0) is 0 Å². The van der Waals surface area contributed by atoms with Crippen molar-refractivity contribution < 1.29 is 0 Å². The van der Waals surface area contributed by atoms with Crippen molar-refractivity contribution in [2.45, 2.75) is 32.7 Å². The highest BCUT2D eigenvalue weighted by Gasteiger charge is 2.05. The normalized spacial score (nSPS) is 12.5. The molecule has 3 N–H and O–H groups in total. The molecule has 1 aromatic heterocycles. The Balaban J connectivity index is 2.57. The van der Waals surface area contributed by atoms with E-state index in [-0.39, 0.29) is 0 Å². The van der Waals surface area contributed by atoms with Gasteiger partial charge in [-0.15, -0.1) is 0 Å². The van der Waals surface area contributed by atoms with Crippen LogP contribution in [0.1, 0.15) is 25.3 Å². The van der Waals surface area contributed by atoms with Crippen LogP contribution in [0, 0.1) is 6.92 Å². The van der Waals surface area contributed by atoms with Gasteiger partial charge in [-0.25, -0.2) is 4.98 Å². The zero-order chi connectivity index (χ0) is 10.4. The summed E-state index contributed by atoms with van der Waals surface area (Å²) in [6.45, 7) is 4.88. The van der Waals surface area contributed by atoms with Crippen LogP contribution in [0.3, 0.4) is 0 Å². The van der Waals surface area contributed by atoms with Crippen LogP contribution in [0.25, 0.3) is 0 Å². The molecule has 1 heterocycles. The first-order valence-corrected chi connectivity index (χ1v) is 5.15. The molecule has 0 fully saturated rings. The predicted octanol–water partition coefficient (Wildman–Crippen LogP) is 1.93. The van der Waals surface area contributed by atoms with E-state index in [1.807, 2.05) is 18.3 Å². The van der Waals surface area contributed by atoms with Crippen molar-refractivity contribution in [2.24, 2.45) is 5.73 Å². The van der Waals surface area contributed by atoms with Crippen molar-refractivity contribution in [3.8, 4) is 0 Å². The number of rotatable bonds is 5. The Morgan fingerprint density at radius 1 is 1.57 bits per heavy atom. The van der Waals surface area contributed by atoms with Crippen molar-refractivity contribution in [3.63, 3.8) is 0 Å². The highest BCUT2D eigenvalue weighted by atomic mass is 15.0. The van der Waals surface area contributed by atoms with Gasteiger partial charge in [-0.3, -0.25) is 0 Å². The molecule has 1 atom stereocenters. The Morgan fingerprint density at radius 3 is 2.93 bits per heavy atom. The largest absolute Gasteiger partial charge is 0.366 e. The monoisotopic (exact) mass is 193 g/mol. The number of pyridine rings is 1. The third-order valence-corrected chi connectivity index (χ3v) is 2.19. The first-order chi connectivity index (χ1) is 6.76. The molecule has 3 heteroatoms. The van der Waals surface area contributed by atoms with E-state index in [1.54, 1.807) is 0 Å². The van der Waals surface area contributed by atoms with Gasteiger partial charge in [0.2, 0.25) is 0 Å². The fraction of sp³-hybridized carbons (Fsp3) is 0.545. The van der Waals surface area contributed by atoms with Gasteiger partial charge in [-0.2, -0.15) is 0 Å². The van der Waals surface area contributed by atoms with Crippen molar-refractivity contribution in [2.75, 3.05) is 11.9 Å². The average Bonchev–Trinajstić information content (AvgIpc) is 2.17. The molecule has 0 aliphatic rings. The molecular formula is C11H19N3. The van der Waals surface area contributed by atoms with E-state index in [4.69, 9.17) is 5.73 Å². The predicted molar refractivity (Wildman–Crippen MR) is 60.3 cm³/mol. The van der Waals surface area contributed by atoms with Gasteiger partial charge in [-0.05, 0) is 31.0 Å². The number of aryl methyl sites for hydroxylation is 1. The second-order valence-corrected chi connectivity index (χ2v) is 3.58. The van der Waals surface area contributed by atoms with E-state index >= 15 is 0 Å². The smallest absolute Gasteiger partial charge is 0.126 e. The summed E-state index contributed by atoms with van der Waals surface area (Å²) in [6, 6.07) is 4.37. The van der Waals surface area contributed by atoms with Crippen molar-refractivity contribution >= 4 is 5.82 Å². The molecule has 78 valence electrons. The molecule has 14 heavy (non-hydrogen) atoms.